The van der Waals surface area contributed by atoms with Crippen LogP contribution in [0, 0.1) is 23.7 Å². The summed E-state index contributed by atoms with van der Waals surface area (Å²) in [4.78, 5) is 11.7. The summed E-state index contributed by atoms with van der Waals surface area (Å²) in [5, 5.41) is 7.00. The normalized spacial score (nSPS) is 42.0. The van der Waals surface area contributed by atoms with Crippen molar-refractivity contribution in [2.24, 2.45) is 29.4 Å². The lowest BCUT2D eigenvalue weighted by atomic mass is 9.62. The minimum Gasteiger partial charge on any atom is -0.462 e. The smallest absolute Gasteiger partial charge is 0.309 e. The highest BCUT2D eigenvalue weighted by Gasteiger charge is 2.49. The minimum absolute atomic E-state index is 0.0510. The lowest BCUT2D eigenvalue weighted by Gasteiger charge is -2.42. The fourth-order valence-electron chi connectivity index (χ4n) is 4.12. The molecule has 2 aliphatic carbocycles. The van der Waals surface area contributed by atoms with Gasteiger partial charge in [0.1, 0.15) is 6.10 Å². The zero-order valence-corrected chi connectivity index (χ0v) is 13.3. The van der Waals surface area contributed by atoms with Gasteiger partial charge < -0.3 is 15.6 Å². The topological polar surface area (TPSA) is 72.5 Å². The zero-order valence-electron chi connectivity index (χ0n) is 13.3. The molecule has 20 heavy (non-hydrogen) atoms. The largest absolute Gasteiger partial charge is 0.462 e. The average Bonchev–Trinajstić information content (AvgIpc) is 2.76. The number of carbonyl (C=O) groups excluding carboxylic acids is 1. The number of aliphatic hydroxyl groups is 1. The van der Waals surface area contributed by atoms with E-state index < -0.39 is 0 Å². The van der Waals surface area contributed by atoms with Crippen molar-refractivity contribution in [3.63, 3.8) is 0 Å². The third kappa shape index (κ3) is 3.53. The van der Waals surface area contributed by atoms with E-state index in [1.807, 2.05) is 13.8 Å². The van der Waals surface area contributed by atoms with Gasteiger partial charge in [0.2, 0.25) is 0 Å². The van der Waals surface area contributed by atoms with Crippen LogP contribution in [-0.4, -0.2) is 30.3 Å². The Kier molecular flexibility index (Phi) is 6.96. The van der Waals surface area contributed by atoms with Crippen LogP contribution in [0.1, 0.15) is 52.9 Å². The van der Waals surface area contributed by atoms with E-state index in [1.54, 1.807) is 0 Å². The van der Waals surface area contributed by atoms with Gasteiger partial charge >= 0.3 is 5.97 Å². The maximum absolute atomic E-state index is 11.7. The molecule has 0 aromatic carbocycles. The summed E-state index contributed by atoms with van der Waals surface area (Å²) in [7, 11) is 1.00. The summed E-state index contributed by atoms with van der Waals surface area (Å²) in [6, 6.07) is 0.368. The summed E-state index contributed by atoms with van der Waals surface area (Å²) >= 11 is 0. The first-order valence-corrected chi connectivity index (χ1v) is 8.06. The number of cyclic esters (lactones) is 1. The molecule has 118 valence electrons. The Labute approximate surface area is 123 Å². The van der Waals surface area contributed by atoms with Crippen LogP contribution in [0.15, 0.2) is 0 Å². The second kappa shape index (κ2) is 7.99. The average molecular weight is 285 g/mol. The zero-order chi connectivity index (χ0) is 15.3. The van der Waals surface area contributed by atoms with Gasteiger partial charge in [0, 0.05) is 19.1 Å². The first kappa shape index (κ1) is 17.4. The van der Waals surface area contributed by atoms with Crippen molar-refractivity contribution < 1.29 is 14.6 Å². The van der Waals surface area contributed by atoms with Gasteiger partial charge in [0.05, 0.1) is 5.92 Å². The van der Waals surface area contributed by atoms with Gasteiger partial charge in [0.25, 0.3) is 0 Å². The Hall–Kier alpha value is -0.610. The third-order valence-corrected chi connectivity index (χ3v) is 5.04. The van der Waals surface area contributed by atoms with E-state index in [1.165, 1.54) is 19.3 Å². The van der Waals surface area contributed by atoms with E-state index in [4.69, 9.17) is 15.6 Å². The van der Waals surface area contributed by atoms with E-state index in [9.17, 15) is 4.79 Å². The van der Waals surface area contributed by atoms with E-state index in [0.717, 1.165) is 25.9 Å². The Morgan fingerprint density at radius 2 is 1.75 bits per heavy atom. The molecule has 3 rings (SSSR count). The van der Waals surface area contributed by atoms with Crippen LogP contribution >= 0.6 is 0 Å². The van der Waals surface area contributed by atoms with Crippen LogP contribution in [0.3, 0.4) is 0 Å². The second-order valence-corrected chi connectivity index (χ2v) is 5.98. The van der Waals surface area contributed by atoms with E-state index in [-0.39, 0.29) is 18.0 Å². The van der Waals surface area contributed by atoms with Crippen LogP contribution in [-0.2, 0) is 9.53 Å². The van der Waals surface area contributed by atoms with E-state index in [2.05, 4.69) is 6.92 Å². The first-order chi connectivity index (χ1) is 9.65. The van der Waals surface area contributed by atoms with Crippen molar-refractivity contribution in [2.75, 3.05) is 7.11 Å². The molecular formula is C16H31NO3. The van der Waals surface area contributed by atoms with Crippen molar-refractivity contribution in [1.82, 2.24) is 0 Å². The summed E-state index contributed by atoms with van der Waals surface area (Å²) in [6.07, 6.45) is 5.92. The van der Waals surface area contributed by atoms with Gasteiger partial charge in [-0.2, -0.15) is 0 Å². The maximum atomic E-state index is 11.7. The van der Waals surface area contributed by atoms with Gasteiger partial charge in [-0.1, -0.05) is 13.8 Å². The van der Waals surface area contributed by atoms with Gasteiger partial charge in [-0.15, -0.1) is 0 Å². The molecule has 6 atom stereocenters. The van der Waals surface area contributed by atoms with Crippen molar-refractivity contribution in [2.45, 2.75) is 65.0 Å². The quantitative estimate of drug-likeness (QED) is 0.670. The van der Waals surface area contributed by atoms with Crippen LogP contribution in [0.2, 0.25) is 0 Å². The van der Waals surface area contributed by atoms with E-state index >= 15 is 0 Å². The van der Waals surface area contributed by atoms with Crippen molar-refractivity contribution >= 4 is 5.97 Å². The highest BCUT2D eigenvalue weighted by Crippen LogP contribution is 2.49. The molecule has 0 spiro atoms. The molecule has 2 saturated carbocycles. The monoisotopic (exact) mass is 285 g/mol. The number of hydrogen-bond donors (Lipinski definition) is 2. The van der Waals surface area contributed by atoms with Crippen LogP contribution in [0.5, 0.6) is 0 Å². The number of fused-ring (bicyclic) bond motifs is 2. The summed E-state index contributed by atoms with van der Waals surface area (Å²) in [5.41, 5.74) is 6.02. The molecule has 3 N–H and O–H groups in total. The van der Waals surface area contributed by atoms with Crippen LogP contribution in [0.4, 0.5) is 0 Å². The van der Waals surface area contributed by atoms with Crippen LogP contribution < -0.4 is 5.73 Å². The number of aliphatic hydroxyl groups excluding tert-OH is 1. The number of ether oxygens (including phenoxy) is 1. The number of nitrogens with two attached hydrogens (primary N) is 1. The first-order valence-electron chi connectivity index (χ1n) is 8.06. The summed E-state index contributed by atoms with van der Waals surface area (Å²) in [5.74, 6) is 2.21. The molecule has 0 aromatic rings. The number of hydrogen-bond acceptors (Lipinski definition) is 4. The SMILES string of the molecule is CC.CC1OC(=O)C2CC3C[C@H](N)CCC3CC12.CO. The summed E-state index contributed by atoms with van der Waals surface area (Å²) < 4.78 is 5.37. The Morgan fingerprint density at radius 3 is 2.40 bits per heavy atom. The lowest BCUT2D eigenvalue weighted by Crippen LogP contribution is -2.41. The highest BCUT2D eigenvalue weighted by atomic mass is 16.6. The van der Waals surface area contributed by atoms with Gasteiger partial charge in [-0.25, -0.2) is 0 Å². The Balaban J connectivity index is 0.000000461. The predicted octanol–water partition coefficient (Wildman–Crippen LogP) is 2.34. The predicted molar refractivity (Wildman–Crippen MR) is 80.1 cm³/mol. The fraction of sp³-hybridized carbons (Fsp3) is 0.938. The molecule has 0 radical (unpaired) electrons. The number of esters is 1. The maximum Gasteiger partial charge on any atom is 0.309 e. The fourth-order valence-corrected chi connectivity index (χ4v) is 4.12. The third-order valence-electron chi connectivity index (χ3n) is 5.04. The lowest BCUT2D eigenvalue weighted by molar-refractivity contribution is -0.144. The van der Waals surface area contributed by atoms with E-state index in [0.29, 0.717) is 17.9 Å². The van der Waals surface area contributed by atoms with Crippen molar-refractivity contribution in [3.05, 3.63) is 0 Å². The molecule has 1 aliphatic heterocycles. The van der Waals surface area contributed by atoms with Gasteiger partial charge in [-0.05, 0) is 50.9 Å². The van der Waals surface area contributed by atoms with Gasteiger partial charge in [-0.3, -0.25) is 4.79 Å². The minimum atomic E-state index is 0.0510. The standard InChI is InChI=1S/C13H21NO2.C2H6.CH4O/c1-7-11-5-8-2-3-10(14)4-9(8)6-12(11)13(15)16-7;2*1-2/h7-12H,2-6,14H2,1H3;1-2H3;2H,1H3/t7?,8?,9?,10-,11?,12?;;/m1../s1. The molecule has 0 amide bonds. The number of rotatable bonds is 0. The number of carbonyl (C=O) groups is 1. The molecule has 5 unspecified atom stereocenters. The van der Waals surface area contributed by atoms with Crippen LogP contribution in [0.25, 0.3) is 0 Å². The molecule has 4 nitrogen and oxygen atoms in total. The molecular weight excluding hydrogens is 254 g/mol. The molecule has 1 heterocycles. The molecule has 0 aromatic heterocycles. The van der Waals surface area contributed by atoms with Crippen molar-refractivity contribution in [1.29, 1.82) is 0 Å². The highest BCUT2D eigenvalue weighted by molar-refractivity contribution is 5.75. The van der Waals surface area contributed by atoms with Crippen molar-refractivity contribution in [3.8, 4) is 0 Å². The molecule has 3 fully saturated rings. The molecule has 1 saturated heterocycles. The second-order valence-electron chi connectivity index (χ2n) is 5.98. The molecule has 0 bridgehead atoms. The van der Waals surface area contributed by atoms with Gasteiger partial charge in [0.15, 0.2) is 0 Å². The Morgan fingerprint density at radius 1 is 1.10 bits per heavy atom. The molecule has 3 aliphatic rings. The summed E-state index contributed by atoms with van der Waals surface area (Å²) in [6.45, 7) is 6.05. The Bertz CT molecular complexity index is 308. The molecule has 4 heteroatoms.